The molecule has 2 amide bonds. The number of sulfonamides is 1. The maximum Gasteiger partial charge on any atom is 0.252 e. The third kappa shape index (κ3) is 4.27. The number of benzene rings is 2. The van der Waals surface area contributed by atoms with Gasteiger partial charge in [-0.2, -0.15) is 4.31 Å². The van der Waals surface area contributed by atoms with E-state index in [-0.39, 0.29) is 17.9 Å². The van der Waals surface area contributed by atoms with Crippen LogP contribution in [0, 0.1) is 9.39 Å². The Bertz CT molecular complexity index is 1210. The van der Waals surface area contributed by atoms with Crippen LogP contribution < -0.4 is 4.90 Å². The highest BCUT2D eigenvalue weighted by molar-refractivity contribution is 14.1. The summed E-state index contributed by atoms with van der Waals surface area (Å²) in [6, 6.07) is 13.0. The zero-order chi connectivity index (χ0) is 22.2. The normalized spacial score (nSPS) is 17.0. The van der Waals surface area contributed by atoms with Crippen molar-refractivity contribution in [3.8, 4) is 0 Å². The van der Waals surface area contributed by atoms with Gasteiger partial charge in [0.1, 0.15) is 17.6 Å². The van der Waals surface area contributed by atoms with Crippen molar-refractivity contribution in [1.82, 2.24) is 4.31 Å². The number of imide groups is 1. The molecule has 2 aromatic carbocycles. The largest absolute Gasteiger partial charge is 0.468 e. The first-order valence-corrected chi connectivity index (χ1v) is 11.7. The number of furan rings is 1. The SMILES string of the molecule is O=C1CC(N(Cc2ccco2)S(=O)(=O)c2ccc(F)cc2)C(=O)N1c1ccc(I)cc1. The van der Waals surface area contributed by atoms with E-state index in [2.05, 4.69) is 22.6 Å². The van der Waals surface area contributed by atoms with Gasteiger partial charge in [0, 0.05) is 3.57 Å². The van der Waals surface area contributed by atoms with E-state index in [1.54, 1.807) is 36.4 Å². The van der Waals surface area contributed by atoms with Crippen LogP contribution in [0.2, 0.25) is 0 Å². The van der Waals surface area contributed by atoms with Crippen LogP contribution in [0.25, 0.3) is 0 Å². The van der Waals surface area contributed by atoms with E-state index in [4.69, 9.17) is 4.42 Å². The van der Waals surface area contributed by atoms with Gasteiger partial charge < -0.3 is 4.42 Å². The van der Waals surface area contributed by atoms with Crippen LogP contribution in [0.5, 0.6) is 0 Å². The average Bonchev–Trinajstić information content (AvgIpc) is 3.35. The molecule has 10 heteroatoms. The van der Waals surface area contributed by atoms with E-state index in [0.717, 1.165) is 37.0 Å². The van der Waals surface area contributed by atoms with Crippen LogP contribution in [0.4, 0.5) is 10.1 Å². The van der Waals surface area contributed by atoms with Gasteiger partial charge in [0.25, 0.3) is 5.91 Å². The van der Waals surface area contributed by atoms with Crippen molar-refractivity contribution in [2.75, 3.05) is 4.90 Å². The van der Waals surface area contributed by atoms with Gasteiger partial charge in [-0.25, -0.2) is 17.7 Å². The Balaban J connectivity index is 1.73. The highest BCUT2D eigenvalue weighted by atomic mass is 127. The fourth-order valence-electron chi connectivity index (χ4n) is 3.36. The molecule has 1 unspecified atom stereocenters. The summed E-state index contributed by atoms with van der Waals surface area (Å²) in [6.45, 7) is -0.253. The lowest BCUT2D eigenvalue weighted by Gasteiger charge is -2.26. The van der Waals surface area contributed by atoms with Gasteiger partial charge in [0.15, 0.2) is 0 Å². The molecule has 0 radical (unpaired) electrons. The number of anilines is 1. The van der Waals surface area contributed by atoms with Crippen molar-refractivity contribution in [2.24, 2.45) is 0 Å². The number of amides is 2. The fourth-order valence-corrected chi connectivity index (χ4v) is 5.27. The minimum atomic E-state index is -4.24. The molecule has 0 saturated carbocycles. The first kappa shape index (κ1) is 21.7. The van der Waals surface area contributed by atoms with Gasteiger partial charge in [-0.15, -0.1) is 0 Å². The van der Waals surface area contributed by atoms with Crippen LogP contribution in [0.15, 0.2) is 76.2 Å². The molecular formula is C21H16FIN2O5S. The molecule has 1 fully saturated rings. The zero-order valence-corrected chi connectivity index (χ0v) is 18.9. The van der Waals surface area contributed by atoms with Gasteiger partial charge in [0.2, 0.25) is 15.9 Å². The third-order valence-electron chi connectivity index (χ3n) is 4.87. The molecule has 1 aliphatic heterocycles. The molecule has 0 aliphatic carbocycles. The van der Waals surface area contributed by atoms with Gasteiger partial charge in [-0.3, -0.25) is 9.59 Å². The number of hydrogen-bond acceptors (Lipinski definition) is 5. The molecule has 160 valence electrons. The molecule has 1 atom stereocenters. The van der Waals surface area contributed by atoms with Crippen LogP contribution in [0.3, 0.4) is 0 Å². The van der Waals surface area contributed by atoms with Crippen LogP contribution in [-0.4, -0.2) is 30.6 Å². The Morgan fingerprint density at radius 3 is 2.35 bits per heavy atom. The topological polar surface area (TPSA) is 87.9 Å². The van der Waals surface area contributed by atoms with Crippen molar-refractivity contribution < 1.29 is 26.8 Å². The summed E-state index contributed by atoms with van der Waals surface area (Å²) in [4.78, 5) is 26.7. The molecule has 1 aliphatic rings. The maximum atomic E-state index is 13.4. The molecule has 7 nitrogen and oxygen atoms in total. The standard InChI is InChI=1S/C21H16FIN2O5S/c22-14-3-9-18(10-4-14)31(28,29)24(13-17-2-1-11-30-17)19-12-20(26)25(21(19)27)16-7-5-15(23)6-8-16/h1-11,19H,12-13H2. The second kappa shape index (κ2) is 8.52. The molecule has 31 heavy (non-hydrogen) atoms. The van der Waals surface area contributed by atoms with E-state index in [9.17, 15) is 22.4 Å². The van der Waals surface area contributed by atoms with Gasteiger partial charge in [-0.1, -0.05) is 0 Å². The summed E-state index contributed by atoms with van der Waals surface area (Å²) in [6.07, 6.45) is 1.07. The van der Waals surface area contributed by atoms with E-state index < -0.39 is 33.7 Å². The molecule has 3 aromatic rings. The highest BCUT2D eigenvalue weighted by Crippen LogP contribution is 2.31. The molecule has 0 bridgehead atoms. The van der Waals surface area contributed by atoms with Gasteiger partial charge >= 0.3 is 0 Å². The summed E-state index contributed by atoms with van der Waals surface area (Å²) in [5.41, 5.74) is 0.370. The Kier molecular flexibility index (Phi) is 5.95. The maximum absolute atomic E-state index is 13.4. The predicted octanol–water partition coefficient (Wildman–Crippen LogP) is 3.55. The van der Waals surface area contributed by atoms with Crippen LogP contribution in [-0.2, 0) is 26.2 Å². The lowest BCUT2D eigenvalue weighted by atomic mass is 10.2. The van der Waals surface area contributed by atoms with Gasteiger partial charge in [-0.05, 0) is 83.3 Å². The summed E-state index contributed by atoms with van der Waals surface area (Å²) in [5.74, 6) is -1.44. The minimum Gasteiger partial charge on any atom is -0.468 e. The lowest BCUT2D eigenvalue weighted by Crippen LogP contribution is -2.45. The first-order valence-electron chi connectivity index (χ1n) is 9.19. The third-order valence-corrected chi connectivity index (χ3v) is 7.46. The molecule has 1 saturated heterocycles. The van der Waals surface area contributed by atoms with E-state index in [1.165, 1.54) is 6.26 Å². The Morgan fingerprint density at radius 2 is 1.74 bits per heavy atom. The second-order valence-corrected chi connectivity index (χ2v) is 9.98. The summed E-state index contributed by atoms with van der Waals surface area (Å²) < 4.78 is 47.2. The van der Waals surface area contributed by atoms with Crippen molar-refractivity contribution >= 4 is 50.1 Å². The monoisotopic (exact) mass is 554 g/mol. The smallest absolute Gasteiger partial charge is 0.252 e. The van der Waals surface area contributed by atoms with Crippen molar-refractivity contribution in [3.63, 3.8) is 0 Å². The number of rotatable bonds is 6. The van der Waals surface area contributed by atoms with E-state index >= 15 is 0 Å². The van der Waals surface area contributed by atoms with Crippen molar-refractivity contribution in [2.45, 2.75) is 23.9 Å². The zero-order valence-electron chi connectivity index (χ0n) is 15.9. The Morgan fingerprint density at radius 1 is 1.06 bits per heavy atom. The van der Waals surface area contributed by atoms with Gasteiger partial charge in [0.05, 0.1) is 29.8 Å². The summed E-state index contributed by atoms with van der Waals surface area (Å²) >= 11 is 2.10. The number of carbonyl (C=O) groups excluding carboxylic acids is 2. The minimum absolute atomic E-state index is 0.187. The second-order valence-electron chi connectivity index (χ2n) is 6.85. The number of nitrogens with zero attached hydrogens (tertiary/aromatic N) is 2. The predicted molar refractivity (Wildman–Crippen MR) is 118 cm³/mol. The molecule has 4 rings (SSSR count). The summed E-state index contributed by atoms with van der Waals surface area (Å²) in [7, 11) is -4.24. The van der Waals surface area contributed by atoms with E-state index in [1.807, 2.05) is 0 Å². The average molecular weight is 554 g/mol. The highest BCUT2D eigenvalue weighted by Gasteiger charge is 2.47. The number of hydrogen-bond donors (Lipinski definition) is 0. The Hall–Kier alpha value is -2.57. The van der Waals surface area contributed by atoms with Crippen molar-refractivity contribution in [1.29, 1.82) is 0 Å². The quantitative estimate of drug-likeness (QED) is 0.344. The first-order chi connectivity index (χ1) is 14.8. The Labute approximate surface area is 191 Å². The fraction of sp³-hybridized carbons (Fsp3) is 0.143. The molecule has 1 aromatic heterocycles. The molecule has 0 N–H and O–H groups in total. The van der Waals surface area contributed by atoms with Crippen LogP contribution >= 0.6 is 22.6 Å². The summed E-state index contributed by atoms with van der Waals surface area (Å²) in [5, 5.41) is 0. The van der Waals surface area contributed by atoms with Crippen LogP contribution in [0.1, 0.15) is 12.2 Å². The van der Waals surface area contributed by atoms with Crippen molar-refractivity contribution in [3.05, 3.63) is 82.1 Å². The molecule has 2 heterocycles. The number of carbonyl (C=O) groups is 2. The molecule has 0 spiro atoms. The lowest BCUT2D eigenvalue weighted by molar-refractivity contribution is -0.122. The molecular weight excluding hydrogens is 538 g/mol. The van der Waals surface area contributed by atoms with E-state index in [0.29, 0.717) is 11.4 Å². The number of halogens is 2.